The van der Waals surface area contributed by atoms with Gasteiger partial charge in [0, 0.05) is 4.88 Å². The number of rotatable bonds is 4. The number of nitrogens with one attached hydrogen (secondary N) is 2. The number of carbonyl (C=O) groups excluding carboxylic acids is 1. The second kappa shape index (κ2) is 8.76. The summed E-state index contributed by atoms with van der Waals surface area (Å²) in [7, 11) is 1.39. The first-order valence-corrected chi connectivity index (χ1v) is 10.8. The van der Waals surface area contributed by atoms with E-state index in [9.17, 15) is 4.79 Å². The van der Waals surface area contributed by atoms with Crippen LogP contribution in [0, 0.1) is 0 Å². The molecule has 1 aliphatic rings. The van der Waals surface area contributed by atoms with Gasteiger partial charge in [0.1, 0.15) is 5.00 Å². The van der Waals surface area contributed by atoms with Crippen molar-refractivity contribution in [1.29, 1.82) is 0 Å². The average Bonchev–Trinajstić information content (AvgIpc) is 3.17. The number of thiophene rings is 1. The monoisotopic (exact) mass is 422 g/mol. The van der Waals surface area contributed by atoms with E-state index in [1.807, 2.05) is 36.4 Å². The van der Waals surface area contributed by atoms with Crippen molar-refractivity contribution >= 4 is 39.6 Å². The molecule has 29 heavy (non-hydrogen) atoms. The van der Waals surface area contributed by atoms with Gasteiger partial charge in [-0.25, -0.2) is 4.79 Å². The number of benzene rings is 2. The maximum absolute atomic E-state index is 12.3. The predicted molar refractivity (Wildman–Crippen MR) is 123 cm³/mol. The first-order valence-electron chi connectivity index (χ1n) is 9.58. The normalized spacial score (nSPS) is 15.3. The van der Waals surface area contributed by atoms with Crippen molar-refractivity contribution in [1.82, 2.24) is 5.32 Å². The Morgan fingerprint density at radius 3 is 2.69 bits per heavy atom. The fourth-order valence-corrected chi connectivity index (χ4v) is 5.06. The first kappa shape index (κ1) is 19.6. The third kappa shape index (κ3) is 4.33. The van der Waals surface area contributed by atoms with Crippen LogP contribution in [0.25, 0.3) is 10.4 Å². The molecule has 1 aromatic heterocycles. The molecule has 1 aliphatic carbocycles. The molecule has 1 unspecified atom stereocenters. The minimum Gasteiger partial charge on any atom is -0.465 e. The van der Waals surface area contributed by atoms with Crippen molar-refractivity contribution in [2.45, 2.75) is 25.3 Å². The zero-order chi connectivity index (χ0) is 20.2. The lowest BCUT2D eigenvalue weighted by Crippen LogP contribution is -2.34. The Labute approximate surface area is 179 Å². The van der Waals surface area contributed by atoms with Crippen LogP contribution in [0.4, 0.5) is 5.00 Å². The van der Waals surface area contributed by atoms with E-state index in [-0.39, 0.29) is 12.0 Å². The summed E-state index contributed by atoms with van der Waals surface area (Å²) in [5.74, 6) is -0.378. The number of thiocarbonyl (C=S) groups is 1. The van der Waals surface area contributed by atoms with Crippen LogP contribution in [0.5, 0.6) is 0 Å². The standard InChI is InChI=1S/C23H22N2O2S2/c1-27-22(26)18-14-20(16-9-3-2-4-10-16)29-21(18)25-23(28)24-19-13-7-11-15-8-5-6-12-17(15)19/h2-6,8-10,12,14,19H,7,11,13H2,1H3,(H2,24,25,28). The Morgan fingerprint density at radius 1 is 1.14 bits per heavy atom. The van der Waals surface area contributed by atoms with E-state index in [0.29, 0.717) is 15.7 Å². The molecule has 2 aromatic carbocycles. The summed E-state index contributed by atoms with van der Waals surface area (Å²) in [6, 6.07) is 20.5. The molecule has 4 nitrogen and oxygen atoms in total. The van der Waals surface area contributed by atoms with Crippen molar-refractivity contribution in [3.05, 3.63) is 77.4 Å². The first-order chi connectivity index (χ1) is 14.2. The van der Waals surface area contributed by atoms with Crippen molar-refractivity contribution < 1.29 is 9.53 Å². The summed E-state index contributed by atoms with van der Waals surface area (Å²) in [5.41, 5.74) is 4.21. The fourth-order valence-electron chi connectivity index (χ4n) is 3.69. The van der Waals surface area contributed by atoms with Gasteiger partial charge in [-0.3, -0.25) is 0 Å². The van der Waals surface area contributed by atoms with Crippen LogP contribution in [0.3, 0.4) is 0 Å². The smallest absolute Gasteiger partial charge is 0.340 e. The van der Waals surface area contributed by atoms with Gasteiger partial charge in [-0.2, -0.15) is 0 Å². The highest BCUT2D eigenvalue weighted by atomic mass is 32.1. The van der Waals surface area contributed by atoms with E-state index in [4.69, 9.17) is 17.0 Å². The minimum absolute atomic E-state index is 0.176. The highest BCUT2D eigenvalue weighted by Crippen LogP contribution is 2.36. The fraction of sp³-hybridized carbons (Fsp3) is 0.217. The van der Waals surface area contributed by atoms with Crippen LogP contribution in [-0.2, 0) is 11.2 Å². The number of hydrogen-bond donors (Lipinski definition) is 2. The molecule has 2 N–H and O–H groups in total. The SMILES string of the molecule is COC(=O)c1cc(-c2ccccc2)sc1NC(=S)NC1CCCc2ccccc21. The van der Waals surface area contributed by atoms with Crippen LogP contribution in [-0.4, -0.2) is 18.2 Å². The Kier molecular flexibility index (Phi) is 5.92. The average molecular weight is 423 g/mol. The second-order valence-corrected chi connectivity index (χ2v) is 8.41. The zero-order valence-corrected chi connectivity index (χ0v) is 17.7. The van der Waals surface area contributed by atoms with Crippen LogP contribution < -0.4 is 10.6 Å². The molecule has 0 radical (unpaired) electrons. The molecule has 1 atom stereocenters. The number of methoxy groups -OCH3 is 1. The molecule has 4 rings (SSSR count). The van der Waals surface area contributed by atoms with Gasteiger partial charge < -0.3 is 15.4 Å². The van der Waals surface area contributed by atoms with Gasteiger partial charge in [0.15, 0.2) is 5.11 Å². The summed E-state index contributed by atoms with van der Waals surface area (Å²) < 4.78 is 4.97. The van der Waals surface area contributed by atoms with Gasteiger partial charge in [0.2, 0.25) is 0 Å². The van der Waals surface area contributed by atoms with Crippen molar-refractivity contribution in [2.75, 3.05) is 12.4 Å². The van der Waals surface area contributed by atoms with Gasteiger partial charge >= 0.3 is 5.97 Å². The molecule has 0 aliphatic heterocycles. The van der Waals surface area contributed by atoms with Gasteiger partial charge in [-0.15, -0.1) is 11.3 Å². The highest BCUT2D eigenvalue weighted by molar-refractivity contribution is 7.80. The highest BCUT2D eigenvalue weighted by Gasteiger charge is 2.22. The third-order valence-electron chi connectivity index (χ3n) is 5.10. The van der Waals surface area contributed by atoms with E-state index < -0.39 is 0 Å². The maximum atomic E-state index is 12.3. The summed E-state index contributed by atoms with van der Waals surface area (Å²) in [5, 5.41) is 7.87. The lowest BCUT2D eigenvalue weighted by atomic mass is 9.88. The summed E-state index contributed by atoms with van der Waals surface area (Å²) >= 11 is 7.08. The van der Waals surface area contributed by atoms with Gasteiger partial charge in [-0.05, 0) is 54.2 Å². The molecule has 1 heterocycles. The summed E-state index contributed by atoms with van der Waals surface area (Å²) in [6.45, 7) is 0. The van der Waals surface area contributed by atoms with Crippen molar-refractivity contribution in [3.63, 3.8) is 0 Å². The number of esters is 1. The molecule has 6 heteroatoms. The Bertz CT molecular complexity index is 1030. The summed E-state index contributed by atoms with van der Waals surface area (Å²) in [6.07, 6.45) is 3.26. The number of aryl methyl sites for hydroxylation is 1. The summed E-state index contributed by atoms with van der Waals surface area (Å²) in [4.78, 5) is 13.3. The number of carbonyl (C=O) groups is 1. The van der Waals surface area contributed by atoms with E-state index in [2.05, 4.69) is 34.9 Å². The molecule has 0 fully saturated rings. The quantitative estimate of drug-likeness (QED) is 0.425. The second-order valence-electron chi connectivity index (χ2n) is 6.95. The molecule has 3 aromatic rings. The van der Waals surface area contributed by atoms with Gasteiger partial charge in [0.25, 0.3) is 0 Å². The van der Waals surface area contributed by atoms with Crippen LogP contribution >= 0.6 is 23.6 Å². The third-order valence-corrected chi connectivity index (χ3v) is 6.42. The van der Waals surface area contributed by atoms with E-state index >= 15 is 0 Å². The molecule has 0 amide bonds. The topological polar surface area (TPSA) is 50.4 Å². The lowest BCUT2D eigenvalue weighted by Gasteiger charge is -2.27. The maximum Gasteiger partial charge on any atom is 0.340 e. The van der Waals surface area contributed by atoms with E-state index in [0.717, 1.165) is 29.7 Å². The molecule has 0 saturated heterocycles. The molecule has 0 spiro atoms. The largest absolute Gasteiger partial charge is 0.465 e. The van der Waals surface area contributed by atoms with E-state index in [1.165, 1.54) is 29.6 Å². The molecular formula is C23H22N2O2S2. The molecular weight excluding hydrogens is 400 g/mol. The predicted octanol–water partition coefficient (Wildman–Crippen LogP) is 5.57. The molecule has 148 valence electrons. The van der Waals surface area contributed by atoms with Crippen LogP contribution in [0.2, 0.25) is 0 Å². The van der Waals surface area contributed by atoms with Gasteiger partial charge in [-0.1, -0.05) is 54.6 Å². The zero-order valence-electron chi connectivity index (χ0n) is 16.1. The Hall–Kier alpha value is -2.70. The lowest BCUT2D eigenvalue weighted by molar-refractivity contribution is 0.0602. The Morgan fingerprint density at radius 2 is 1.90 bits per heavy atom. The number of fused-ring (bicyclic) bond motifs is 1. The van der Waals surface area contributed by atoms with Crippen molar-refractivity contribution in [2.24, 2.45) is 0 Å². The van der Waals surface area contributed by atoms with Crippen LogP contribution in [0.15, 0.2) is 60.7 Å². The minimum atomic E-state index is -0.378. The molecule has 0 bridgehead atoms. The van der Waals surface area contributed by atoms with Crippen molar-refractivity contribution in [3.8, 4) is 10.4 Å². The molecule has 0 saturated carbocycles. The Balaban J connectivity index is 1.55. The number of anilines is 1. The van der Waals surface area contributed by atoms with E-state index in [1.54, 1.807) is 0 Å². The number of ether oxygens (including phenoxy) is 1. The van der Waals surface area contributed by atoms with Gasteiger partial charge in [0.05, 0.1) is 18.7 Å². The number of hydrogen-bond acceptors (Lipinski definition) is 4. The van der Waals surface area contributed by atoms with Crippen LogP contribution in [0.1, 0.15) is 40.4 Å².